The van der Waals surface area contributed by atoms with E-state index in [1.165, 1.54) is 6.08 Å². The first-order valence-electron chi connectivity index (χ1n) is 8.27. The van der Waals surface area contributed by atoms with E-state index in [4.69, 9.17) is 4.74 Å². The predicted molar refractivity (Wildman–Crippen MR) is 91.6 cm³/mol. The topological polar surface area (TPSA) is 60.3 Å². The molecule has 2 aromatic rings. The minimum Gasteiger partial charge on any atom is -0.490 e. The molecule has 0 saturated carbocycles. The summed E-state index contributed by atoms with van der Waals surface area (Å²) in [6, 6.07) is 7.93. The number of amides is 1. The van der Waals surface area contributed by atoms with E-state index in [2.05, 4.69) is 16.7 Å². The van der Waals surface area contributed by atoms with Crippen LogP contribution in [0.15, 0.2) is 43.2 Å². The average molecular weight is 326 g/mol. The monoisotopic (exact) mass is 326 g/mol. The zero-order valence-electron chi connectivity index (χ0n) is 13.9. The Morgan fingerprint density at radius 1 is 1.42 bits per heavy atom. The second kappa shape index (κ2) is 7.29. The molecule has 126 valence electrons. The molecule has 6 heteroatoms. The van der Waals surface area contributed by atoms with Crippen molar-refractivity contribution >= 4 is 5.91 Å². The summed E-state index contributed by atoms with van der Waals surface area (Å²) in [7, 11) is 0. The van der Waals surface area contributed by atoms with Gasteiger partial charge in [0.15, 0.2) is 5.82 Å². The Balaban J connectivity index is 1.66. The van der Waals surface area contributed by atoms with Gasteiger partial charge in [0.25, 0.3) is 0 Å². The van der Waals surface area contributed by atoms with Gasteiger partial charge in [-0.3, -0.25) is 4.79 Å². The van der Waals surface area contributed by atoms with Gasteiger partial charge >= 0.3 is 0 Å². The third-order valence-corrected chi connectivity index (χ3v) is 4.24. The number of hydrogen-bond acceptors (Lipinski definition) is 4. The second-order valence-electron chi connectivity index (χ2n) is 5.77. The molecule has 6 nitrogen and oxygen atoms in total. The molecule has 1 aliphatic heterocycles. The van der Waals surface area contributed by atoms with E-state index in [0.29, 0.717) is 13.1 Å². The molecule has 0 spiro atoms. The fraction of sp³-hybridized carbons (Fsp3) is 0.389. The maximum absolute atomic E-state index is 11.6. The number of benzene rings is 1. The van der Waals surface area contributed by atoms with Crippen LogP contribution < -0.4 is 4.74 Å². The van der Waals surface area contributed by atoms with E-state index in [1.807, 2.05) is 40.8 Å². The summed E-state index contributed by atoms with van der Waals surface area (Å²) in [5.41, 5.74) is 0.992. The first-order chi connectivity index (χ1) is 11.7. The van der Waals surface area contributed by atoms with Gasteiger partial charge in [-0.2, -0.15) is 5.10 Å². The number of carbonyl (C=O) groups is 1. The van der Waals surface area contributed by atoms with Crippen LogP contribution in [-0.4, -0.2) is 44.8 Å². The third-order valence-electron chi connectivity index (χ3n) is 4.24. The summed E-state index contributed by atoms with van der Waals surface area (Å²) in [5.74, 6) is 1.66. The smallest absolute Gasteiger partial charge is 0.245 e. The summed E-state index contributed by atoms with van der Waals surface area (Å²) in [6.07, 6.45) is 4.72. The molecule has 1 aliphatic rings. The van der Waals surface area contributed by atoms with Crippen molar-refractivity contribution in [2.75, 3.05) is 13.1 Å². The van der Waals surface area contributed by atoms with E-state index >= 15 is 0 Å². The van der Waals surface area contributed by atoms with Crippen molar-refractivity contribution in [2.24, 2.45) is 0 Å². The zero-order valence-corrected chi connectivity index (χ0v) is 13.9. The van der Waals surface area contributed by atoms with Crippen LogP contribution in [0.4, 0.5) is 0 Å². The van der Waals surface area contributed by atoms with Gasteiger partial charge < -0.3 is 9.64 Å². The Kier molecular flexibility index (Phi) is 4.93. The van der Waals surface area contributed by atoms with Crippen LogP contribution in [0.25, 0.3) is 11.4 Å². The average Bonchev–Trinajstić information content (AvgIpc) is 3.11. The van der Waals surface area contributed by atoms with Gasteiger partial charge in [0.2, 0.25) is 5.91 Å². The van der Waals surface area contributed by atoms with Gasteiger partial charge in [0, 0.05) is 38.0 Å². The van der Waals surface area contributed by atoms with Gasteiger partial charge in [0.05, 0.1) is 0 Å². The Morgan fingerprint density at radius 2 is 2.21 bits per heavy atom. The van der Waals surface area contributed by atoms with E-state index < -0.39 is 0 Å². The molecular formula is C18H22N4O2. The summed E-state index contributed by atoms with van der Waals surface area (Å²) >= 11 is 0. The van der Waals surface area contributed by atoms with Gasteiger partial charge in [0.1, 0.15) is 18.2 Å². The second-order valence-corrected chi connectivity index (χ2v) is 5.77. The van der Waals surface area contributed by atoms with Crippen LogP contribution >= 0.6 is 0 Å². The minimum atomic E-state index is -0.00523. The minimum absolute atomic E-state index is 0.00523. The number of hydrogen-bond donors (Lipinski definition) is 0. The molecule has 1 saturated heterocycles. The molecule has 0 aliphatic carbocycles. The first kappa shape index (κ1) is 16.2. The van der Waals surface area contributed by atoms with E-state index in [1.54, 1.807) is 6.33 Å². The maximum atomic E-state index is 11.6. The SMILES string of the molecule is C=CC(=O)N1CCC(Oc2cccc(-c3ncnn3CC)c2)CC1. The Labute approximate surface area is 141 Å². The highest BCUT2D eigenvalue weighted by Crippen LogP contribution is 2.25. The predicted octanol–water partition coefficient (Wildman–Crippen LogP) is 2.52. The molecule has 3 rings (SSSR count). The summed E-state index contributed by atoms with van der Waals surface area (Å²) < 4.78 is 7.97. The lowest BCUT2D eigenvalue weighted by molar-refractivity contribution is -0.127. The largest absolute Gasteiger partial charge is 0.490 e. The highest BCUT2D eigenvalue weighted by atomic mass is 16.5. The van der Waals surface area contributed by atoms with E-state index in [9.17, 15) is 4.79 Å². The fourth-order valence-electron chi connectivity index (χ4n) is 2.94. The normalized spacial score (nSPS) is 15.3. The number of carbonyl (C=O) groups excluding carboxylic acids is 1. The number of rotatable bonds is 5. The lowest BCUT2D eigenvalue weighted by Crippen LogP contribution is -2.41. The number of nitrogens with zero attached hydrogens (tertiary/aromatic N) is 4. The van der Waals surface area contributed by atoms with Crippen LogP contribution in [0.1, 0.15) is 19.8 Å². The van der Waals surface area contributed by atoms with Gasteiger partial charge in [-0.1, -0.05) is 18.7 Å². The molecule has 0 unspecified atom stereocenters. The van der Waals surface area contributed by atoms with Crippen molar-refractivity contribution in [1.29, 1.82) is 0 Å². The molecule has 1 aromatic carbocycles. The van der Waals surface area contributed by atoms with Crippen LogP contribution in [0.3, 0.4) is 0 Å². The highest BCUT2D eigenvalue weighted by molar-refractivity contribution is 5.87. The van der Waals surface area contributed by atoms with Crippen LogP contribution in [-0.2, 0) is 11.3 Å². The quantitative estimate of drug-likeness (QED) is 0.792. The molecule has 24 heavy (non-hydrogen) atoms. The van der Waals surface area contributed by atoms with Gasteiger partial charge in [-0.25, -0.2) is 9.67 Å². The molecule has 0 bridgehead atoms. The van der Waals surface area contributed by atoms with Gasteiger partial charge in [-0.05, 0) is 25.1 Å². The molecule has 1 aromatic heterocycles. The zero-order chi connectivity index (χ0) is 16.9. The van der Waals surface area contributed by atoms with Crippen molar-refractivity contribution in [2.45, 2.75) is 32.4 Å². The standard InChI is InChI=1S/C18H22N4O2/c1-3-17(23)21-10-8-15(9-11-21)24-16-7-5-6-14(12-16)18-19-13-20-22(18)4-2/h3,5-7,12-13,15H,1,4,8-11H2,2H3. The van der Waals surface area contributed by atoms with Crippen molar-refractivity contribution in [3.63, 3.8) is 0 Å². The summed E-state index contributed by atoms with van der Waals surface area (Å²) in [5, 5.41) is 4.21. The number of aryl methyl sites for hydroxylation is 1. The molecule has 2 heterocycles. The lowest BCUT2D eigenvalue weighted by Gasteiger charge is -2.31. The number of piperidine rings is 1. The third kappa shape index (κ3) is 3.48. The van der Waals surface area contributed by atoms with Crippen molar-refractivity contribution < 1.29 is 9.53 Å². The Bertz CT molecular complexity index is 717. The number of aromatic nitrogens is 3. The molecule has 0 atom stereocenters. The Hall–Kier alpha value is -2.63. The lowest BCUT2D eigenvalue weighted by atomic mass is 10.1. The molecular weight excluding hydrogens is 304 g/mol. The summed E-state index contributed by atoms with van der Waals surface area (Å²) in [6.45, 7) is 7.76. The number of ether oxygens (including phenoxy) is 1. The molecule has 0 N–H and O–H groups in total. The van der Waals surface area contributed by atoms with Crippen LogP contribution in [0.5, 0.6) is 5.75 Å². The van der Waals surface area contributed by atoms with Crippen molar-refractivity contribution in [1.82, 2.24) is 19.7 Å². The molecule has 0 radical (unpaired) electrons. The Morgan fingerprint density at radius 3 is 2.92 bits per heavy atom. The van der Waals surface area contributed by atoms with Crippen LogP contribution in [0.2, 0.25) is 0 Å². The molecule has 1 amide bonds. The van der Waals surface area contributed by atoms with Crippen LogP contribution in [0, 0.1) is 0 Å². The highest BCUT2D eigenvalue weighted by Gasteiger charge is 2.22. The van der Waals surface area contributed by atoms with E-state index in [0.717, 1.165) is 36.5 Å². The first-order valence-corrected chi connectivity index (χ1v) is 8.27. The number of likely N-dealkylation sites (tertiary alicyclic amines) is 1. The van der Waals surface area contributed by atoms with Crippen molar-refractivity contribution in [3.8, 4) is 17.1 Å². The summed E-state index contributed by atoms with van der Waals surface area (Å²) in [4.78, 5) is 17.8. The van der Waals surface area contributed by atoms with Crippen molar-refractivity contribution in [3.05, 3.63) is 43.2 Å². The fourth-order valence-corrected chi connectivity index (χ4v) is 2.94. The van der Waals surface area contributed by atoms with Gasteiger partial charge in [-0.15, -0.1) is 0 Å². The van der Waals surface area contributed by atoms with E-state index in [-0.39, 0.29) is 12.0 Å². The molecule has 1 fully saturated rings. The maximum Gasteiger partial charge on any atom is 0.245 e.